The molecule has 49 heavy (non-hydrogen) atoms. The summed E-state index contributed by atoms with van der Waals surface area (Å²) in [5.41, 5.74) is 0. The highest BCUT2D eigenvalue weighted by molar-refractivity contribution is 5.88. The predicted molar refractivity (Wildman–Crippen MR) is 171 cm³/mol. The maximum atomic E-state index is 12.4. The average Bonchev–Trinajstić information content (AvgIpc) is 3.01. The van der Waals surface area contributed by atoms with Crippen molar-refractivity contribution in [2.24, 2.45) is 0 Å². The topological polar surface area (TPSA) is 307 Å². The number of aliphatic carboxylic acids is 3. The van der Waals surface area contributed by atoms with Crippen molar-refractivity contribution in [1.29, 1.82) is 0 Å². The number of aliphatic hydroxyl groups excluding tert-OH is 1. The first-order valence-corrected chi connectivity index (χ1v) is 15.7. The second-order valence-corrected chi connectivity index (χ2v) is 11.1. The van der Waals surface area contributed by atoms with Crippen LogP contribution in [0.4, 0.5) is 0 Å². The van der Waals surface area contributed by atoms with Crippen LogP contribution in [0.2, 0.25) is 0 Å². The Hall–Kier alpha value is -5.23. The smallest absolute Gasteiger partial charge is 0.326 e. The lowest BCUT2D eigenvalue weighted by molar-refractivity contribution is -0.144. The first-order chi connectivity index (χ1) is 23.0. The van der Waals surface area contributed by atoms with Gasteiger partial charge in [0.1, 0.15) is 23.9 Å². The van der Waals surface area contributed by atoms with Crippen LogP contribution in [0.5, 0.6) is 0 Å². The van der Waals surface area contributed by atoms with Crippen LogP contribution < -0.4 is 31.9 Å². The zero-order chi connectivity index (χ0) is 37.5. The monoisotopic (exact) mass is 700 g/mol. The van der Waals surface area contributed by atoms with Gasteiger partial charge in [0.15, 0.2) is 0 Å². The Morgan fingerprint density at radius 2 is 0.918 bits per heavy atom. The minimum absolute atomic E-state index is 0.0939. The Balaban J connectivity index is 4.82. The number of carboxylic acids is 3. The molecule has 0 aliphatic carbocycles. The molecule has 276 valence electrons. The highest BCUT2D eigenvalue weighted by atomic mass is 16.4. The number of carbonyl (C=O) groups is 9. The molecule has 1 unspecified atom stereocenters. The number of rotatable bonds is 26. The summed E-state index contributed by atoms with van der Waals surface area (Å²) in [5, 5.41) is 51.8. The van der Waals surface area contributed by atoms with Crippen molar-refractivity contribution >= 4 is 53.4 Å². The van der Waals surface area contributed by atoms with Crippen molar-refractivity contribution in [2.75, 3.05) is 13.1 Å². The van der Waals surface area contributed by atoms with Crippen molar-refractivity contribution < 1.29 is 63.6 Å². The van der Waals surface area contributed by atoms with E-state index in [2.05, 4.69) is 38.5 Å². The molecule has 4 atom stereocenters. The second kappa shape index (κ2) is 24.0. The zero-order valence-electron chi connectivity index (χ0n) is 27.7. The van der Waals surface area contributed by atoms with Crippen LogP contribution in [0.1, 0.15) is 84.5 Å². The molecule has 0 aromatic carbocycles. The van der Waals surface area contributed by atoms with Gasteiger partial charge in [0.25, 0.3) is 0 Å². The summed E-state index contributed by atoms with van der Waals surface area (Å²) < 4.78 is 0. The van der Waals surface area contributed by atoms with Crippen LogP contribution in [0.3, 0.4) is 0 Å². The molecule has 0 rings (SSSR count). The van der Waals surface area contributed by atoms with Crippen molar-refractivity contribution in [3.63, 3.8) is 0 Å². The van der Waals surface area contributed by atoms with Crippen molar-refractivity contribution in [1.82, 2.24) is 31.9 Å². The van der Waals surface area contributed by atoms with Gasteiger partial charge in [-0.25, -0.2) is 14.4 Å². The van der Waals surface area contributed by atoms with E-state index in [-0.39, 0.29) is 32.2 Å². The van der Waals surface area contributed by atoms with E-state index in [1.54, 1.807) is 0 Å². The van der Waals surface area contributed by atoms with Crippen LogP contribution in [-0.2, 0) is 43.2 Å². The number of unbranched alkanes of at least 4 members (excludes halogenated alkanes) is 2. The number of nitrogens with one attached hydrogen (secondary N) is 6. The molecule has 0 saturated carbocycles. The number of hydrogen-bond donors (Lipinski definition) is 10. The molecule has 0 spiro atoms. The molecule has 0 aliphatic rings. The Labute approximate surface area is 283 Å². The third-order valence-electron chi connectivity index (χ3n) is 6.87. The largest absolute Gasteiger partial charge is 0.511 e. The lowest BCUT2D eigenvalue weighted by Crippen LogP contribution is -2.45. The van der Waals surface area contributed by atoms with E-state index in [1.165, 1.54) is 6.92 Å². The van der Waals surface area contributed by atoms with Gasteiger partial charge in [-0.15, -0.1) is 0 Å². The van der Waals surface area contributed by atoms with Gasteiger partial charge in [-0.05, 0) is 32.1 Å². The van der Waals surface area contributed by atoms with E-state index in [0.717, 1.165) is 19.3 Å². The first kappa shape index (κ1) is 43.8. The molecule has 0 bridgehead atoms. The van der Waals surface area contributed by atoms with Crippen molar-refractivity contribution in [3.8, 4) is 0 Å². The van der Waals surface area contributed by atoms with E-state index in [1.807, 2.05) is 6.92 Å². The molecule has 0 saturated heterocycles. The zero-order valence-corrected chi connectivity index (χ0v) is 27.7. The van der Waals surface area contributed by atoms with E-state index in [0.29, 0.717) is 6.54 Å². The molecule has 0 heterocycles. The maximum absolute atomic E-state index is 12.4. The summed E-state index contributed by atoms with van der Waals surface area (Å²) in [6, 6.07) is -5.58. The predicted octanol–water partition coefficient (Wildman–Crippen LogP) is -1.19. The van der Waals surface area contributed by atoms with Crippen LogP contribution in [0.25, 0.3) is 0 Å². The summed E-state index contributed by atoms with van der Waals surface area (Å²) >= 11 is 0. The quantitative estimate of drug-likeness (QED) is 0.0376. The maximum Gasteiger partial charge on any atom is 0.326 e. The normalized spacial score (nSPS) is 12.9. The van der Waals surface area contributed by atoms with E-state index in [9.17, 15) is 63.6 Å². The number of hydrogen-bond acceptors (Lipinski definition) is 10. The van der Waals surface area contributed by atoms with Gasteiger partial charge < -0.3 is 52.3 Å². The fourth-order valence-corrected chi connectivity index (χ4v) is 4.17. The fraction of sp³-hybridized carbons (Fsp3) is 0.633. The van der Waals surface area contributed by atoms with Gasteiger partial charge >= 0.3 is 17.9 Å². The molecule has 19 heteroatoms. The molecule has 10 N–H and O–H groups in total. The standard InChI is InChI=1S/C30H48N6O13/c1-4-5-6-15-31-27(43)16-32-23(39)11-8-20(28(44)45)34-25(41)13-10-22(30(48)49)36-26(42)14-9-21(29(46)47)35-24(40)12-7-19(17(2)37)33-18(3)38/h19-22,37H,2,4-16H2,1,3H3,(H,31,43)(H,32,39)(H,33,38)(H,34,41)(H,35,40)(H,36,42)(H,44,45)(H,46,47)(H,48,49)/t19-,20-,21-,22?/m0/s1. The Morgan fingerprint density at radius 3 is 1.27 bits per heavy atom. The van der Waals surface area contributed by atoms with Gasteiger partial charge in [0.05, 0.1) is 12.6 Å². The molecule has 0 aliphatic heterocycles. The SMILES string of the molecule is C=C(O)[C@H](CCC(=O)N[C@@H](CCC(=O)NC(CCC(=O)N[C@@H](CCC(=O)NCC(=O)NCCCCC)C(=O)O)C(=O)O)C(=O)O)NC(C)=O. The molecular formula is C30H48N6O13. The molecular weight excluding hydrogens is 652 g/mol. The van der Waals surface area contributed by atoms with E-state index < -0.39 is 109 Å². The Bertz CT molecular complexity index is 1210. The molecule has 19 nitrogen and oxygen atoms in total. The first-order valence-electron chi connectivity index (χ1n) is 15.7. The number of carboxylic acid groups (broad SMARTS) is 3. The fourth-order valence-electron chi connectivity index (χ4n) is 4.17. The van der Waals surface area contributed by atoms with Crippen molar-refractivity contribution in [3.05, 3.63) is 12.3 Å². The molecule has 0 radical (unpaired) electrons. The molecule has 0 fully saturated rings. The Kier molecular flexibility index (Phi) is 21.4. The summed E-state index contributed by atoms with van der Waals surface area (Å²) in [6.07, 6.45) is -0.298. The highest BCUT2D eigenvalue weighted by Crippen LogP contribution is 2.07. The van der Waals surface area contributed by atoms with Gasteiger partial charge in [0, 0.05) is 39.2 Å². The molecule has 0 aromatic heterocycles. The third kappa shape index (κ3) is 21.3. The molecule has 0 aromatic rings. The second-order valence-electron chi connectivity index (χ2n) is 11.1. The van der Waals surface area contributed by atoms with E-state index >= 15 is 0 Å². The van der Waals surface area contributed by atoms with Gasteiger partial charge in [-0.1, -0.05) is 26.3 Å². The van der Waals surface area contributed by atoms with Crippen LogP contribution in [0.15, 0.2) is 12.3 Å². The average molecular weight is 701 g/mol. The number of aliphatic hydroxyl groups is 1. The Morgan fingerprint density at radius 1 is 0.531 bits per heavy atom. The van der Waals surface area contributed by atoms with Crippen LogP contribution in [0, 0.1) is 0 Å². The van der Waals surface area contributed by atoms with Gasteiger partial charge in [-0.2, -0.15) is 0 Å². The summed E-state index contributed by atoms with van der Waals surface area (Å²) in [5.74, 6) is -8.92. The number of carbonyl (C=O) groups excluding carboxylic acids is 6. The number of amides is 6. The summed E-state index contributed by atoms with van der Waals surface area (Å²) in [6.45, 7) is 6.65. The summed E-state index contributed by atoms with van der Waals surface area (Å²) in [7, 11) is 0. The highest BCUT2D eigenvalue weighted by Gasteiger charge is 2.26. The lowest BCUT2D eigenvalue weighted by Gasteiger charge is -2.19. The third-order valence-corrected chi connectivity index (χ3v) is 6.87. The minimum Gasteiger partial charge on any atom is -0.511 e. The lowest BCUT2D eigenvalue weighted by atomic mass is 10.1. The minimum atomic E-state index is -1.60. The van der Waals surface area contributed by atoms with Gasteiger partial charge in [-0.3, -0.25) is 28.8 Å². The summed E-state index contributed by atoms with van der Waals surface area (Å²) in [4.78, 5) is 107. The molecule has 6 amide bonds. The van der Waals surface area contributed by atoms with E-state index in [4.69, 9.17) is 0 Å². The van der Waals surface area contributed by atoms with Crippen LogP contribution in [-0.4, -0.2) is 111 Å². The van der Waals surface area contributed by atoms with Gasteiger partial charge in [0.2, 0.25) is 35.4 Å². The van der Waals surface area contributed by atoms with Crippen LogP contribution >= 0.6 is 0 Å². The van der Waals surface area contributed by atoms with Crippen molar-refractivity contribution in [2.45, 2.75) is 109 Å².